The van der Waals surface area contributed by atoms with Gasteiger partial charge in [-0.3, -0.25) is 0 Å². The van der Waals surface area contributed by atoms with E-state index in [0.717, 1.165) is 43.7 Å². The third-order valence-electron chi connectivity index (χ3n) is 3.71. The zero-order chi connectivity index (χ0) is 15.0. The zero-order valence-electron chi connectivity index (χ0n) is 13.2. The quantitative estimate of drug-likeness (QED) is 0.734. The summed E-state index contributed by atoms with van der Waals surface area (Å²) in [5.41, 5.74) is 3.02. The SMILES string of the molecule is CCCNCc1ccc(N(CC)C(C)CC)c(C#N)c1. The molecule has 0 aliphatic rings. The standard InChI is InChI=1S/C17H27N3/c1-5-10-19-13-15-8-9-17(16(11-15)12-18)20(7-3)14(4)6-2/h8-9,11,14,19H,5-7,10,13H2,1-4H3. The number of hydrogen-bond donors (Lipinski definition) is 1. The second-order valence-electron chi connectivity index (χ2n) is 5.18. The van der Waals surface area contributed by atoms with Crippen molar-refractivity contribution in [3.8, 4) is 6.07 Å². The minimum atomic E-state index is 0.455. The maximum Gasteiger partial charge on any atom is 0.101 e. The van der Waals surface area contributed by atoms with Gasteiger partial charge in [-0.25, -0.2) is 0 Å². The van der Waals surface area contributed by atoms with Crippen LogP contribution in [0.1, 0.15) is 51.7 Å². The topological polar surface area (TPSA) is 39.1 Å². The molecule has 0 aromatic heterocycles. The highest BCUT2D eigenvalue weighted by molar-refractivity contribution is 5.61. The van der Waals surface area contributed by atoms with E-state index in [0.29, 0.717) is 6.04 Å². The second kappa shape index (κ2) is 8.60. The molecule has 0 amide bonds. The van der Waals surface area contributed by atoms with Gasteiger partial charge in [-0.15, -0.1) is 0 Å². The molecular weight excluding hydrogens is 246 g/mol. The number of nitriles is 1. The Morgan fingerprint density at radius 1 is 1.30 bits per heavy atom. The molecule has 0 fully saturated rings. The highest BCUT2D eigenvalue weighted by atomic mass is 15.2. The summed E-state index contributed by atoms with van der Waals surface area (Å²) in [6.45, 7) is 11.5. The molecule has 1 unspecified atom stereocenters. The molecule has 0 aliphatic carbocycles. The molecule has 1 N–H and O–H groups in total. The van der Waals surface area contributed by atoms with Crippen LogP contribution in [0.2, 0.25) is 0 Å². The first kappa shape index (κ1) is 16.5. The molecule has 3 heteroatoms. The maximum atomic E-state index is 9.42. The van der Waals surface area contributed by atoms with Gasteiger partial charge in [-0.05, 0) is 50.9 Å². The molecular formula is C17H27N3. The first-order valence-corrected chi connectivity index (χ1v) is 7.68. The Balaban J connectivity index is 2.95. The summed E-state index contributed by atoms with van der Waals surface area (Å²) in [7, 11) is 0. The summed E-state index contributed by atoms with van der Waals surface area (Å²) in [4.78, 5) is 2.31. The predicted molar refractivity (Wildman–Crippen MR) is 85.9 cm³/mol. The monoisotopic (exact) mass is 273 g/mol. The van der Waals surface area contributed by atoms with Crippen LogP contribution >= 0.6 is 0 Å². The Morgan fingerprint density at radius 3 is 2.60 bits per heavy atom. The van der Waals surface area contributed by atoms with E-state index < -0.39 is 0 Å². The van der Waals surface area contributed by atoms with Crippen molar-refractivity contribution in [2.75, 3.05) is 18.0 Å². The second-order valence-corrected chi connectivity index (χ2v) is 5.18. The van der Waals surface area contributed by atoms with E-state index in [1.165, 1.54) is 5.56 Å². The lowest BCUT2D eigenvalue weighted by molar-refractivity contribution is 0.629. The third-order valence-corrected chi connectivity index (χ3v) is 3.71. The van der Waals surface area contributed by atoms with Crippen LogP contribution < -0.4 is 10.2 Å². The molecule has 20 heavy (non-hydrogen) atoms. The van der Waals surface area contributed by atoms with Crippen LogP contribution in [0.15, 0.2) is 18.2 Å². The Morgan fingerprint density at radius 2 is 2.05 bits per heavy atom. The van der Waals surface area contributed by atoms with Gasteiger partial charge in [0.05, 0.1) is 11.3 Å². The van der Waals surface area contributed by atoms with Gasteiger partial charge in [0.15, 0.2) is 0 Å². The van der Waals surface area contributed by atoms with Gasteiger partial charge in [-0.2, -0.15) is 5.26 Å². The molecule has 0 aliphatic heterocycles. The minimum Gasteiger partial charge on any atom is -0.368 e. The molecule has 110 valence electrons. The summed E-state index contributed by atoms with van der Waals surface area (Å²) in [6.07, 6.45) is 2.21. The lowest BCUT2D eigenvalue weighted by Gasteiger charge is -2.30. The molecule has 0 bridgehead atoms. The lowest BCUT2D eigenvalue weighted by atomic mass is 10.1. The number of nitrogens with one attached hydrogen (secondary N) is 1. The number of rotatable bonds is 8. The van der Waals surface area contributed by atoms with E-state index in [1.54, 1.807) is 0 Å². The zero-order valence-corrected chi connectivity index (χ0v) is 13.2. The fourth-order valence-corrected chi connectivity index (χ4v) is 2.38. The highest BCUT2D eigenvalue weighted by Gasteiger charge is 2.15. The normalized spacial score (nSPS) is 11.9. The summed E-state index contributed by atoms with van der Waals surface area (Å²) in [5.74, 6) is 0. The molecule has 0 saturated carbocycles. The van der Waals surface area contributed by atoms with Crippen molar-refractivity contribution in [3.05, 3.63) is 29.3 Å². The summed E-state index contributed by atoms with van der Waals surface area (Å²) >= 11 is 0. The van der Waals surface area contributed by atoms with Crippen LogP contribution in [0, 0.1) is 11.3 Å². The van der Waals surface area contributed by atoms with Gasteiger partial charge in [0.2, 0.25) is 0 Å². The van der Waals surface area contributed by atoms with Crippen molar-refractivity contribution >= 4 is 5.69 Å². The minimum absolute atomic E-state index is 0.455. The van der Waals surface area contributed by atoms with Crippen molar-refractivity contribution in [2.45, 2.75) is 53.1 Å². The van der Waals surface area contributed by atoms with Gasteiger partial charge in [0.1, 0.15) is 6.07 Å². The van der Waals surface area contributed by atoms with Crippen LogP contribution in [0.25, 0.3) is 0 Å². The first-order valence-electron chi connectivity index (χ1n) is 7.68. The molecule has 1 rings (SSSR count). The predicted octanol–water partition coefficient (Wildman–Crippen LogP) is 3.68. The van der Waals surface area contributed by atoms with E-state index in [2.05, 4.69) is 56.1 Å². The largest absolute Gasteiger partial charge is 0.368 e. The molecule has 1 aromatic rings. The van der Waals surface area contributed by atoms with Gasteiger partial charge in [0, 0.05) is 19.1 Å². The number of benzene rings is 1. The third kappa shape index (κ3) is 4.25. The van der Waals surface area contributed by atoms with E-state index in [-0.39, 0.29) is 0 Å². The van der Waals surface area contributed by atoms with Crippen molar-refractivity contribution < 1.29 is 0 Å². The van der Waals surface area contributed by atoms with Crippen LogP contribution in [0.3, 0.4) is 0 Å². The number of nitrogens with zero attached hydrogens (tertiary/aromatic N) is 2. The van der Waals surface area contributed by atoms with E-state index in [1.807, 2.05) is 6.07 Å². The average molecular weight is 273 g/mol. The molecule has 1 aromatic carbocycles. The molecule has 0 spiro atoms. The summed E-state index contributed by atoms with van der Waals surface area (Å²) < 4.78 is 0. The van der Waals surface area contributed by atoms with Crippen LogP contribution in [-0.4, -0.2) is 19.1 Å². The van der Waals surface area contributed by atoms with Gasteiger partial charge in [-0.1, -0.05) is 19.9 Å². The molecule has 3 nitrogen and oxygen atoms in total. The maximum absolute atomic E-state index is 9.42. The van der Waals surface area contributed by atoms with Crippen LogP contribution in [-0.2, 0) is 6.54 Å². The number of anilines is 1. The lowest BCUT2D eigenvalue weighted by Crippen LogP contribution is -2.32. The van der Waals surface area contributed by atoms with Crippen LogP contribution in [0.4, 0.5) is 5.69 Å². The Bertz CT molecular complexity index is 448. The van der Waals surface area contributed by atoms with E-state index in [4.69, 9.17) is 0 Å². The van der Waals surface area contributed by atoms with Crippen molar-refractivity contribution in [3.63, 3.8) is 0 Å². The van der Waals surface area contributed by atoms with Crippen molar-refractivity contribution in [1.29, 1.82) is 5.26 Å². The Labute approximate surface area is 123 Å². The van der Waals surface area contributed by atoms with Gasteiger partial charge < -0.3 is 10.2 Å². The Hall–Kier alpha value is -1.53. The van der Waals surface area contributed by atoms with E-state index >= 15 is 0 Å². The van der Waals surface area contributed by atoms with Crippen LogP contribution in [0.5, 0.6) is 0 Å². The smallest absolute Gasteiger partial charge is 0.101 e. The molecule has 1 atom stereocenters. The molecule has 0 saturated heterocycles. The van der Waals surface area contributed by atoms with Crippen molar-refractivity contribution in [2.24, 2.45) is 0 Å². The molecule has 0 heterocycles. The van der Waals surface area contributed by atoms with Gasteiger partial charge in [0.25, 0.3) is 0 Å². The average Bonchev–Trinajstić information content (AvgIpc) is 2.48. The fraction of sp³-hybridized carbons (Fsp3) is 0.588. The molecule has 0 radical (unpaired) electrons. The number of hydrogen-bond acceptors (Lipinski definition) is 3. The highest BCUT2D eigenvalue weighted by Crippen LogP contribution is 2.24. The Kier molecular flexibility index (Phi) is 7.11. The van der Waals surface area contributed by atoms with Crippen molar-refractivity contribution in [1.82, 2.24) is 5.32 Å². The van der Waals surface area contributed by atoms with Gasteiger partial charge >= 0.3 is 0 Å². The fourth-order valence-electron chi connectivity index (χ4n) is 2.38. The van der Waals surface area contributed by atoms with E-state index in [9.17, 15) is 5.26 Å². The first-order chi connectivity index (χ1) is 9.67. The summed E-state index contributed by atoms with van der Waals surface area (Å²) in [5, 5.41) is 12.8. The summed E-state index contributed by atoms with van der Waals surface area (Å²) in [6, 6.07) is 9.05.